The highest BCUT2D eigenvalue weighted by atomic mass is 35.5. The second kappa shape index (κ2) is 7.15. The molecule has 2 rings (SSSR count). The first-order valence-corrected chi connectivity index (χ1v) is 6.42. The zero-order valence-corrected chi connectivity index (χ0v) is 11.5. The SMILES string of the molecule is Cl.Fc1ccc(C(F)(F)CCC2CCNCC2)cc1. The summed E-state index contributed by atoms with van der Waals surface area (Å²) in [5.74, 6) is -2.94. The van der Waals surface area contributed by atoms with Gasteiger partial charge in [0.05, 0.1) is 0 Å². The van der Waals surface area contributed by atoms with Crippen molar-refractivity contribution in [3.05, 3.63) is 35.6 Å². The lowest BCUT2D eigenvalue weighted by Crippen LogP contribution is -2.28. The summed E-state index contributed by atoms with van der Waals surface area (Å²) < 4.78 is 40.5. The number of hydrogen-bond acceptors (Lipinski definition) is 1. The lowest BCUT2D eigenvalue weighted by molar-refractivity contribution is -0.0203. The monoisotopic (exact) mass is 293 g/mol. The molecule has 0 radical (unpaired) electrons. The van der Waals surface area contributed by atoms with E-state index in [0.29, 0.717) is 12.3 Å². The van der Waals surface area contributed by atoms with Gasteiger partial charge in [-0.15, -0.1) is 12.4 Å². The van der Waals surface area contributed by atoms with E-state index in [1.54, 1.807) is 0 Å². The predicted octanol–water partition coefficient (Wildman–Crippen LogP) is 4.12. The fourth-order valence-corrected chi connectivity index (χ4v) is 2.39. The van der Waals surface area contributed by atoms with Gasteiger partial charge in [-0.1, -0.05) is 12.1 Å². The number of alkyl halides is 2. The minimum atomic E-state index is -2.85. The van der Waals surface area contributed by atoms with E-state index in [1.807, 2.05) is 0 Å². The fourth-order valence-electron chi connectivity index (χ4n) is 2.39. The van der Waals surface area contributed by atoms with Crippen molar-refractivity contribution < 1.29 is 13.2 Å². The van der Waals surface area contributed by atoms with Gasteiger partial charge in [-0.3, -0.25) is 0 Å². The van der Waals surface area contributed by atoms with Crippen LogP contribution in [0.1, 0.15) is 31.2 Å². The molecule has 1 heterocycles. The maximum atomic E-state index is 13.9. The van der Waals surface area contributed by atoms with Crippen molar-refractivity contribution in [3.63, 3.8) is 0 Å². The van der Waals surface area contributed by atoms with Crippen LogP contribution in [0.2, 0.25) is 0 Å². The second-order valence-corrected chi connectivity index (χ2v) is 4.94. The molecule has 0 unspecified atom stereocenters. The third-order valence-electron chi connectivity index (χ3n) is 3.59. The predicted molar refractivity (Wildman–Crippen MR) is 72.4 cm³/mol. The molecule has 0 bridgehead atoms. The Bertz CT molecular complexity index is 375. The third kappa shape index (κ3) is 4.69. The molecule has 1 N–H and O–H groups in total. The van der Waals surface area contributed by atoms with Gasteiger partial charge in [-0.05, 0) is 50.4 Å². The molecule has 0 aromatic heterocycles. The molecular formula is C14H19ClF3N. The Kier molecular flexibility index (Phi) is 6.14. The standard InChI is InChI=1S/C14H18F3N.ClH/c15-13-3-1-12(2-4-13)14(16,17)8-5-11-6-9-18-10-7-11;/h1-4,11,18H,5-10H2;1H. The Balaban J connectivity index is 0.00000180. The van der Waals surface area contributed by atoms with Crippen LogP contribution >= 0.6 is 12.4 Å². The van der Waals surface area contributed by atoms with Crippen LogP contribution < -0.4 is 5.32 Å². The molecule has 1 aliphatic heterocycles. The number of nitrogens with one attached hydrogen (secondary N) is 1. The topological polar surface area (TPSA) is 12.0 Å². The molecule has 0 atom stereocenters. The van der Waals surface area contributed by atoms with Gasteiger partial charge < -0.3 is 5.32 Å². The Morgan fingerprint density at radius 3 is 2.26 bits per heavy atom. The Hall–Kier alpha value is -0.740. The molecule has 0 spiro atoms. The van der Waals surface area contributed by atoms with Gasteiger partial charge in [-0.25, -0.2) is 13.2 Å². The summed E-state index contributed by atoms with van der Waals surface area (Å²) in [4.78, 5) is 0. The zero-order chi connectivity index (χ0) is 13.0. The summed E-state index contributed by atoms with van der Waals surface area (Å²) in [7, 11) is 0. The highest BCUT2D eigenvalue weighted by molar-refractivity contribution is 5.85. The molecule has 19 heavy (non-hydrogen) atoms. The number of rotatable bonds is 4. The summed E-state index contributed by atoms with van der Waals surface area (Å²) in [6.07, 6.45) is 2.33. The molecule has 0 aliphatic carbocycles. The van der Waals surface area contributed by atoms with Crippen LogP contribution in [0, 0.1) is 11.7 Å². The molecule has 1 aromatic carbocycles. The Morgan fingerprint density at radius 1 is 1.11 bits per heavy atom. The van der Waals surface area contributed by atoms with Gasteiger partial charge in [-0.2, -0.15) is 0 Å². The lowest BCUT2D eigenvalue weighted by Gasteiger charge is -2.25. The molecule has 1 aromatic rings. The maximum absolute atomic E-state index is 13.9. The average Bonchev–Trinajstić information content (AvgIpc) is 2.38. The Labute approximate surface area is 118 Å². The second-order valence-electron chi connectivity index (χ2n) is 4.94. The first-order chi connectivity index (χ1) is 8.58. The van der Waals surface area contributed by atoms with E-state index in [-0.39, 0.29) is 24.4 Å². The van der Waals surface area contributed by atoms with E-state index < -0.39 is 11.7 Å². The van der Waals surface area contributed by atoms with Crippen molar-refractivity contribution in [2.75, 3.05) is 13.1 Å². The van der Waals surface area contributed by atoms with E-state index in [2.05, 4.69) is 5.32 Å². The van der Waals surface area contributed by atoms with E-state index in [0.717, 1.165) is 38.1 Å². The third-order valence-corrected chi connectivity index (χ3v) is 3.59. The quantitative estimate of drug-likeness (QED) is 0.880. The van der Waals surface area contributed by atoms with Crippen LogP contribution in [0.5, 0.6) is 0 Å². The molecule has 1 fully saturated rings. The summed E-state index contributed by atoms with van der Waals surface area (Å²) in [5, 5.41) is 3.22. The first-order valence-electron chi connectivity index (χ1n) is 6.42. The Morgan fingerprint density at radius 2 is 1.68 bits per heavy atom. The van der Waals surface area contributed by atoms with E-state index in [4.69, 9.17) is 0 Å². The van der Waals surface area contributed by atoms with Gasteiger partial charge in [0.2, 0.25) is 0 Å². The van der Waals surface area contributed by atoms with Crippen molar-refractivity contribution in [2.24, 2.45) is 5.92 Å². The van der Waals surface area contributed by atoms with Gasteiger partial charge in [0.1, 0.15) is 5.82 Å². The van der Waals surface area contributed by atoms with Crippen molar-refractivity contribution in [2.45, 2.75) is 31.6 Å². The summed E-state index contributed by atoms with van der Waals surface area (Å²) in [6, 6.07) is 4.54. The summed E-state index contributed by atoms with van der Waals surface area (Å²) in [6.45, 7) is 1.85. The maximum Gasteiger partial charge on any atom is 0.273 e. The highest BCUT2D eigenvalue weighted by Crippen LogP contribution is 2.35. The van der Waals surface area contributed by atoms with Gasteiger partial charge in [0.15, 0.2) is 0 Å². The van der Waals surface area contributed by atoms with Crippen LogP contribution in [-0.4, -0.2) is 13.1 Å². The largest absolute Gasteiger partial charge is 0.317 e. The minimum Gasteiger partial charge on any atom is -0.317 e. The first kappa shape index (κ1) is 16.3. The number of halogens is 4. The van der Waals surface area contributed by atoms with Crippen LogP contribution in [0.15, 0.2) is 24.3 Å². The zero-order valence-electron chi connectivity index (χ0n) is 10.7. The molecule has 108 valence electrons. The average molecular weight is 294 g/mol. The molecule has 1 nitrogen and oxygen atoms in total. The molecule has 0 saturated carbocycles. The van der Waals surface area contributed by atoms with Gasteiger partial charge in [0, 0.05) is 12.0 Å². The highest BCUT2D eigenvalue weighted by Gasteiger charge is 2.32. The number of hydrogen-bond donors (Lipinski definition) is 1. The normalized spacial score (nSPS) is 17.0. The fraction of sp³-hybridized carbons (Fsp3) is 0.571. The number of piperidine rings is 1. The van der Waals surface area contributed by atoms with Crippen LogP contribution in [0.4, 0.5) is 13.2 Å². The van der Waals surface area contributed by atoms with E-state index >= 15 is 0 Å². The minimum absolute atomic E-state index is 0. The van der Waals surface area contributed by atoms with Crippen molar-refractivity contribution in [1.29, 1.82) is 0 Å². The van der Waals surface area contributed by atoms with Crippen LogP contribution in [0.25, 0.3) is 0 Å². The smallest absolute Gasteiger partial charge is 0.273 e. The van der Waals surface area contributed by atoms with Crippen LogP contribution in [0.3, 0.4) is 0 Å². The van der Waals surface area contributed by atoms with E-state index in [9.17, 15) is 13.2 Å². The van der Waals surface area contributed by atoms with Crippen molar-refractivity contribution >= 4 is 12.4 Å². The molecule has 1 aliphatic rings. The van der Waals surface area contributed by atoms with E-state index in [1.165, 1.54) is 12.1 Å². The molecule has 5 heteroatoms. The molecule has 1 saturated heterocycles. The number of benzene rings is 1. The van der Waals surface area contributed by atoms with Crippen molar-refractivity contribution in [1.82, 2.24) is 5.32 Å². The van der Waals surface area contributed by atoms with Crippen LogP contribution in [-0.2, 0) is 5.92 Å². The summed E-state index contributed by atoms with van der Waals surface area (Å²) in [5.41, 5.74) is -0.0853. The van der Waals surface area contributed by atoms with Gasteiger partial charge in [0.25, 0.3) is 5.92 Å². The molecule has 0 amide bonds. The molecular weight excluding hydrogens is 275 g/mol. The lowest BCUT2D eigenvalue weighted by atomic mass is 9.90. The van der Waals surface area contributed by atoms with Crippen molar-refractivity contribution in [3.8, 4) is 0 Å². The van der Waals surface area contributed by atoms with Gasteiger partial charge >= 0.3 is 0 Å². The summed E-state index contributed by atoms with van der Waals surface area (Å²) >= 11 is 0.